The van der Waals surface area contributed by atoms with Crippen molar-refractivity contribution >= 4 is 5.78 Å². The molecule has 0 aromatic carbocycles. The Morgan fingerprint density at radius 3 is 2.56 bits per heavy atom. The highest BCUT2D eigenvalue weighted by atomic mass is 16.4. The second-order valence-electron chi connectivity index (χ2n) is 3.29. The molecule has 0 unspecified atom stereocenters. The van der Waals surface area contributed by atoms with Crippen molar-refractivity contribution in [2.24, 2.45) is 0 Å². The number of aliphatic hydroxyl groups is 4. The first-order valence-corrected chi connectivity index (χ1v) is 4.67. The predicted octanol–water partition coefficient (Wildman–Crippen LogP) is -1.66. The van der Waals surface area contributed by atoms with E-state index in [0.717, 1.165) is 0 Å². The molecule has 1 heterocycles. The number of pyridine rings is 1. The summed E-state index contributed by atoms with van der Waals surface area (Å²) in [6.45, 7) is -0.738. The van der Waals surface area contributed by atoms with Crippen molar-refractivity contribution in [1.82, 2.24) is 4.98 Å². The maximum absolute atomic E-state index is 11.6. The molecule has 88 valence electrons. The summed E-state index contributed by atoms with van der Waals surface area (Å²) in [5.41, 5.74) is 0.124. The summed E-state index contributed by atoms with van der Waals surface area (Å²) in [4.78, 5) is 15.3. The molecule has 6 nitrogen and oxygen atoms in total. The van der Waals surface area contributed by atoms with Crippen molar-refractivity contribution < 1.29 is 25.2 Å². The van der Waals surface area contributed by atoms with Gasteiger partial charge in [-0.2, -0.15) is 0 Å². The molecule has 0 amide bonds. The predicted molar refractivity (Wildman–Crippen MR) is 53.7 cm³/mol. The summed E-state index contributed by atoms with van der Waals surface area (Å²) in [5, 5.41) is 36.4. The normalized spacial score (nSPS) is 16.5. The van der Waals surface area contributed by atoms with Gasteiger partial charge in [0.1, 0.15) is 18.3 Å². The fourth-order valence-corrected chi connectivity index (χ4v) is 1.15. The van der Waals surface area contributed by atoms with Gasteiger partial charge in [0.05, 0.1) is 6.61 Å². The zero-order valence-electron chi connectivity index (χ0n) is 8.39. The molecule has 0 bridgehead atoms. The van der Waals surface area contributed by atoms with Gasteiger partial charge in [-0.05, 0) is 12.1 Å². The molecule has 0 saturated carbocycles. The van der Waals surface area contributed by atoms with Gasteiger partial charge < -0.3 is 20.4 Å². The second-order valence-corrected chi connectivity index (χ2v) is 3.29. The fraction of sp³-hybridized carbons (Fsp3) is 0.400. The molecular formula is C10H13NO5. The van der Waals surface area contributed by atoms with E-state index in [1.54, 1.807) is 0 Å². The molecule has 1 aromatic rings. The van der Waals surface area contributed by atoms with Crippen LogP contribution in [0.25, 0.3) is 0 Å². The quantitative estimate of drug-likeness (QED) is 0.448. The topological polar surface area (TPSA) is 111 Å². The van der Waals surface area contributed by atoms with Gasteiger partial charge in [-0.1, -0.05) is 0 Å². The van der Waals surface area contributed by atoms with Crippen LogP contribution in [-0.4, -0.2) is 56.1 Å². The van der Waals surface area contributed by atoms with Crippen LogP contribution >= 0.6 is 0 Å². The largest absolute Gasteiger partial charge is 0.394 e. The number of ketones is 1. The highest BCUT2D eigenvalue weighted by Gasteiger charge is 2.30. The number of aliphatic hydroxyl groups excluding tert-OH is 4. The minimum absolute atomic E-state index is 0.124. The fourth-order valence-electron chi connectivity index (χ4n) is 1.15. The average molecular weight is 227 g/mol. The Bertz CT molecular complexity index is 342. The molecule has 0 aliphatic heterocycles. The molecule has 1 rings (SSSR count). The van der Waals surface area contributed by atoms with Crippen LogP contribution in [0.3, 0.4) is 0 Å². The number of aromatic nitrogens is 1. The van der Waals surface area contributed by atoms with Crippen molar-refractivity contribution in [3.05, 3.63) is 30.1 Å². The average Bonchev–Trinajstić information content (AvgIpc) is 2.36. The van der Waals surface area contributed by atoms with Crippen LogP contribution in [0.2, 0.25) is 0 Å². The van der Waals surface area contributed by atoms with Crippen LogP contribution in [-0.2, 0) is 0 Å². The molecule has 6 heteroatoms. The third kappa shape index (κ3) is 2.83. The van der Waals surface area contributed by atoms with Crippen LogP contribution in [0, 0.1) is 0 Å². The molecule has 0 radical (unpaired) electrons. The molecule has 0 fully saturated rings. The van der Waals surface area contributed by atoms with E-state index in [0.29, 0.717) is 0 Å². The van der Waals surface area contributed by atoms with Gasteiger partial charge in [0, 0.05) is 18.0 Å². The Hall–Kier alpha value is -1.34. The number of Topliss-reactive ketones (excluding diaryl/α,β-unsaturated/α-hetero) is 1. The Morgan fingerprint density at radius 2 is 2.06 bits per heavy atom. The molecular weight excluding hydrogens is 214 g/mol. The van der Waals surface area contributed by atoms with Crippen molar-refractivity contribution in [3.8, 4) is 0 Å². The first-order chi connectivity index (χ1) is 7.57. The van der Waals surface area contributed by atoms with Gasteiger partial charge in [-0.15, -0.1) is 0 Å². The van der Waals surface area contributed by atoms with Crippen molar-refractivity contribution in [2.45, 2.75) is 18.3 Å². The van der Waals surface area contributed by atoms with Crippen molar-refractivity contribution in [1.29, 1.82) is 0 Å². The summed E-state index contributed by atoms with van der Waals surface area (Å²) >= 11 is 0. The molecule has 4 N–H and O–H groups in total. The molecule has 0 spiro atoms. The lowest BCUT2D eigenvalue weighted by atomic mass is 10.0. The highest BCUT2D eigenvalue weighted by molar-refractivity contribution is 5.99. The first-order valence-electron chi connectivity index (χ1n) is 4.67. The van der Waals surface area contributed by atoms with Gasteiger partial charge in [0.2, 0.25) is 0 Å². The van der Waals surface area contributed by atoms with E-state index in [1.165, 1.54) is 24.5 Å². The molecule has 0 saturated heterocycles. The summed E-state index contributed by atoms with van der Waals surface area (Å²) in [5.74, 6) is -0.756. The molecule has 1 aromatic heterocycles. The monoisotopic (exact) mass is 227 g/mol. The van der Waals surface area contributed by atoms with Crippen molar-refractivity contribution in [3.63, 3.8) is 0 Å². The van der Waals surface area contributed by atoms with E-state index in [4.69, 9.17) is 10.2 Å². The minimum Gasteiger partial charge on any atom is -0.394 e. The molecule has 0 aliphatic rings. The summed E-state index contributed by atoms with van der Waals surface area (Å²) in [7, 11) is 0. The van der Waals surface area contributed by atoms with Crippen LogP contribution in [0.15, 0.2) is 24.5 Å². The van der Waals surface area contributed by atoms with Gasteiger partial charge in [0.15, 0.2) is 5.78 Å². The van der Waals surface area contributed by atoms with E-state index < -0.39 is 30.7 Å². The number of hydrogen-bond acceptors (Lipinski definition) is 6. The minimum atomic E-state index is -1.79. The van der Waals surface area contributed by atoms with Crippen LogP contribution in [0.4, 0.5) is 0 Å². The maximum Gasteiger partial charge on any atom is 0.195 e. The van der Waals surface area contributed by atoms with Crippen LogP contribution < -0.4 is 0 Å². The maximum atomic E-state index is 11.6. The van der Waals surface area contributed by atoms with E-state index >= 15 is 0 Å². The van der Waals surface area contributed by atoms with E-state index in [9.17, 15) is 15.0 Å². The SMILES string of the molecule is O=C(c1cccnc1)[C@H](O)[C@H](O)[C@H](O)CO. The third-order valence-corrected chi connectivity index (χ3v) is 2.12. The van der Waals surface area contributed by atoms with E-state index in [2.05, 4.69) is 4.98 Å². The van der Waals surface area contributed by atoms with E-state index in [-0.39, 0.29) is 5.56 Å². The smallest absolute Gasteiger partial charge is 0.195 e. The summed E-state index contributed by atoms with van der Waals surface area (Å²) in [6, 6.07) is 2.94. The van der Waals surface area contributed by atoms with Gasteiger partial charge in [-0.25, -0.2) is 0 Å². The Balaban J connectivity index is 2.75. The van der Waals surface area contributed by atoms with Crippen molar-refractivity contribution in [2.75, 3.05) is 6.61 Å². The molecule has 0 aliphatic carbocycles. The Labute approximate surface area is 91.8 Å². The van der Waals surface area contributed by atoms with Crippen LogP contribution in [0.5, 0.6) is 0 Å². The lowest BCUT2D eigenvalue weighted by Gasteiger charge is -2.20. The lowest BCUT2D eigenvalue weighted by Crippen LogP contribution is -2.43. The lowest BCUT2D eigenvalue weighted by molar-refractivity contribution is -0.0646. The summed E-state index contributed by atoms with van der Waals surface area (Å²) < 4.78 is 0. The molecule has 16 heavy (non-hydrogen) atoms. The zero-order chi connectivity index (χ0) is 12.1. The first kappa shape index (κ1) is 12.7. The number of carbonyl (C=O) groups excluding carboxylic acids is 1. The van der Waals surface area contributed by atoms with Gasteiger partial charge in [-0.3, -0.25) is 9.78 Å². The summed E-state index contributed by atoms with van der Waals surface area (Å²) in [6.07, 6.45) is -2.37. The highest BCUT2D eigenvalue weighted by Crippen LogP contribution is 2.07. The Kier molecular flexibility index (Phi) is 4.51. The van der Waals surface area contributed by atoms with Gasteiger partial charge >= 0.3 is 0 Å². The number of hydrogen-bond donors (Lipinski definition) is 4. The van der Waals surface area contributed by atoms with Gasteiger partial charge in [0.25, 0.3) is 0 Å². The Morgan fingerprint density at radius 1 is 1.38 bits per heavy atom. The standard InChI is InChI=1S/C10H13NO5/c12-5-7(13)9(15)10(16)8(14)6-2-1-3-11-4-6/h1-4,7,9-10,12-13,15-16H,5H2/t7-,9-,10+/m1/s1. The molecule has 3 atom stereocenters. The second kappa shape index (κ2) is 5.66. The number of rotatable bonds is 5. The van der Waals surface area contributed by atoms with Crippen LogP contribution in [0.1, 0.15) is 10.4 Å². The number of carbonyl (C=O) groups is 1. The zero-order valence-corrected chi connectivity index (χ0v) is 8.39. The third-order valence-electron chi connectivity index (χ3n) is 2.12. The number of nitrogens with zero attached hydrogens (tertiary/aromatic N) is 1. The van der Waals surface area contributed by atoms with E-state index in [1.807, 2.05) is 0 Å².